The first kappa shape index (κ1) is 26.1. The molecule has 2 heterocycles. The Morgan fingerprint density at radius 3 is 2.42 bits per heavy atom. The van der Waals surface area contributed by atoms with Gasteiger partial charge in [0, 0.05) is 26.6 Å². The average Bonchev–Trinajstić information content (AvgIpc) is 3.26. The zero-order valence-corrected chi connectivity index (χ0v) is 20.4. The highest BCUT2D eigenvalue weighted by Gasteiger charge is 2.38. The summed E-state index contributed by atoms with van der Waals surface area (Å²) >= 11 is 0. The monoisotopic (exact) mass is 474 g/mol. The molecule has 1 aromatic carbocycles. The van der Waals surface area contributed by atoms with Crippen LogP contribution in [-0.4, -0.2) is 58.0 Å². The summed E-state index contributed by atoms with van der Waals surface area (Å²) in [5.41, 5.74) is 2.61. The number of imidazole rings is 1. The third-order valence-corrected chi connectivity index (χ3v) is 5.51. The predicted molar refractivity (Wildman–Crippen MR) is 128 cm³/mol. The Hall–Kier alpha value is -3.13. The summed E-state index contributed by atoms with van der Waals surface area (Å²) < 4.78 is 6.82. The van der Waals surface area contributed by atoms with Crippen LogP contribution in [0.25, 0.3) is 6.08 Å². The molecule has 0 spiro atoms. The third-order valence-electron chi connectivity index (χ3n) is 5.51. The quantitative estimate of drug-likeness (QED) is 0.310. The molecule has 1 saturated heterocycles. The number of carbonyl (C=O) groups is 3. The van der Waals surface area contributed by atoms with Gasteiger partial charge in [0.25, 0.3) is 5.91 Å². The van der Waals surface area contributed by atoms with E-state index in [1.165, 1.54) is 14.2 Å². The molecule has 1 fully saturated rings. The van der Waals surface area contributed by atoms with Crippen molar-refractivity contribution in [2.45, 2.75) is 46.1 Å². The molecule has 0 aliphatic carbocycles. The summed E-state index contributed by atoms with van der Waals surface area (Å²) in [6.07, 6.45) is 6.96. The van der Waals surface area contributed by atoms with Gasteiger partial charge in [0.1, 0.15) is 11.5 Å². The van der Waals surface area contributed by atoms with E-state index in [4.69, 9.17) is 4.74 Å². The molecule has 33 heavy (non-hydrogen) atoms. The number of urea groups is 1. The van der Waals surface area contributed by atoms with Crippen molar-refractivity contribution in [3.8, 4) is 0 Å². The maximum atomic E-state index is 12.7. The molecule has 0 atom stereocenters. The van der Waals surface area contributed by atoms with Gasteiger partial charge in [-0.25, -0.2) is 14.6 Å². The number of methoxy groups -OCH3 is 1. The number of carbonyl (C=O) groups excluding carboxylic acids is 3. The van der Waals surface area contributed by atoms with E-state index < -0.39 is 0 Å². The van der Waals surface area contributed by atoms with E-state index >= 15 is 0 Å². The lowest BCUT2D eigenvalue weighted by molar-refractivity contribution is -0.122. The number of esters is 1. The van der Waals surface area contributed by atoms with Crippen molar-refractivity contribution in [1.82, 2.24) is 19.4 Å². The van der Waals surface area contributed by atoms with Crippen molar-refractivity contribution >= 4 is 36.4 Å². The first-order chi connectivity index (χ1) is 15.4. The topological polar surface area (TPSA) is 84.7 Å². The number of nitrogens with zero attached hydrogens (tertiary/aromatic N) is 4. The summed E-state index contributed by atoms with van der Waals surface area (Å²) in [6, 6.07) is 6.93. The molecule has 1 aromatic heterocycles. The highest BCUT2D eigenvalue weighted by molar-refractivity contribution is 6.13. The maximum absolute atomic E-state index is 12.7. The smallest absolute Gasteiger partial charge is 0.337 e. The molecule has 9 heteroatoms. The normalized spacial score (nSPS) is 14.7. The predicted octanol–water partition coefficient (Wildman–Crippen LogP) is 4.13. The fourth-order valence-electron chi connectivity index (χ4n) is 3.67. The van der Waals surface area contributed by atoms with Gasteiger partial charge in [0.2, 0.25) is 0 Å². The minimum atomic E-state index is -0.378. The number of benzene rings is 1. The first-order valence-corrected chi connectivity index (χ1v) is 10.9. The highest BCUT2D eigenvalue weighted by atomic mass is 35.5. The molecule has 0 unspecified atom stereocenters. The molecule has 0 N–H and O–H groups in total. The molecule has 3 amide bonds. The van der Waals surface area contributed by atoms with E-state index in [0.717, 1.165) is 47.7 Å². The van der Waals surface area contributed by atoms with Crippen LogP contribution in [0.3, 0.4) is 0 Å². The number of likely N-dealkylation sites (N-methyl/N-ethyl adjacent to an activating group) is 1. The third kappa shape index (κ3) is 5.63. The van der Waals surface area contributed by atoms with Gasteiger partial charge in [-0.15, -0.1) is 12.4 Å². The lowest BCUT2D eigenvalue weighted by atomic mass is 10.1. The molecular formula is C24H31ClN4O4. The van der Waals surface area contributed by atoms with Gasteiger partial charge in [-0.05, 0) is 36.6 Å². The van der Waals surface area contributed by atoms with E-state index in [9.17, 15) is 14.4 Å². The Bertz CT molecular complexity index is 1030. The maximum Gasteiger partial charge on any atom is 0.337 e. The van der Waals surface area contributed by atoms with Crippen LogP contribution < -0.4 is 0 Å². The molecule has 3 rings (SSSR count). The van der Waals surface area contributed by atoms with Gasteiger partial charge < -0.3 is 9.30 Å². The summed E-state index contributed by atoms with van der Waals surface area (Å²) in [4.78, 5) is 44.3. The Labute approximate surface area is 200 Å². The summed E-state index contributed by atoms with van der Waals surface area (Å²) in [6.45, 7) is 5.17. The van der Waals surface area contributed by atoms with E-state index in [-0.39, 0.29) is 30.3 Å². The Kier molecular flexibility index (Phi) is 9.22. The Morgan fingerprint density at radius 2 is 1.82 bits per heavy atom. The number of hydrogen-bond donors (Lipinski definition) is 0. The molecule has 2 aromatic rings. The van der Waals surface area contributed by atoms with Crippen LogP contribution in [0.4, 0.5) is 4.79 Å². The Balaban J connectivity index is 0.00000385. The first-order valence-electron chi connectivity index (χ1n) is 10.9. The Morgan fingerprint density at radius 1 is 1.12 bits per heavy atom. The van der Waals surface area contributed by atoms with Crippen LogP contribution in [0, 0.1) is 0 Å². The molecule has 0 radical (unpaired) electrons. The molecule has 8 nitrogen and oxygen atoms in total. The second-order valence-electron chi connectivity index (χ2n) is 7.81. The van der Waals surface area contributed by atoms with Crippen molar-refractivity contribution in [2.24, 2.45) is 0 Å². The SMILES string of the molecule is CCCCN1C(=O)N(C)C(=O)/C1=C\c1cnc(CCC)n1Cc1ccc(C(=O)OC)cc1.Cl. The van der Waals surface area contributed by atoms with Gasteiger partial charge in [-0.1, -0.05) is 32.4 Å². The van der Waals surface area contributed by atoms with Crippen molar-refractivity contribution in [3.63, 3.8) is 0 Å². The zero-order valence-electron chi connectivity index (χ0n) is 19.5. The summed E-state index contributed by atoms with van der Waals surface area (Å²) in [5, 5.41) is 0. The number of halogens is 1. The largest absolute Gasteiger partial charge is 0.465 e. The average molecular weight is 475 g/mol. The lowest BCUT2D eigenvalue weighted by Gasteiger charge is -2.16. The number of unbranched alkanes of at least 4 members (excludes halogenated alkanes) is 1. The van der Waals surface area contributed by atoms with Crippen molar-refractivity contribution in [2.75, 3.05) is 20.7 Å². The van der Waals surface area contributed by atoms with Crippen LogP contribution in [0.2, 0.25) is 0 Å². The van der Waals surface area contributed by atoms with E-state index in [1.54, 1.807) is 29.3 Å². The lowest BCUT2D eigenvalue weighted by Crippen LogP contribution is -2.30. The van der Waals surface area contributed by atoms with Crippen LogP contribution in [-0.2, 0) is 22.5 Å². The summed E-state index contributed by atoms with van der Waals surface area (Å²) in [5.74, 6) is 0.219. The van der Waals surface area contributed by atoms with Crippen molar-refractivity contribution < 1.29 is 19.1 Å². The molecule has 0 bridgehead atoms. The van der Waals surface area contributed by atoms with Crippen LogP contribution >= 0.6 is 12.4 Å². The van der Waals surface area contributed by atoms with Gasteiger partial charge in [0.05, 0.1) is 24.6 Å². The number of ether oxygens (including phenoxy) is 1. The van der Waals surface area contributed by atoms with Gasteiger partial charge in [-0.2, -0.15) is 0 Å². The van der Waals surface area contributed by atoms with Crippen molar-refractivity contribution in [1.29, 1.82) is 0 Å². The molecule has 1 aliphatic rings. The van der Waals surface area contributed by atoms with Crippen LogP contribution in [0.15, 0.2) is 36.2 Å². The number of amides is 3. The van der Waals surface area contributed by atoms with Crippen LogP contribution in [0.5, 0.6) is 0 Å². The number of aryl methyl sites for hydroxylation is 1. The highest BCUT2D eigenvalue weighted by Crippen LogP contribution is 2.24. The second-order valence-corrected chi connectivity index (χ2v) is 7.81. The summed E-state index contributed by atoms with van der Waals surface area (Å²) in [7, 11) is 2.86. The zero-order chi connectivity index (χ0) is 23.3. The number of rotatable bonds is 9. The molecule has 1 aliphatic heterocycles. The van der Waals surface area contributed by atoms with Gasteiger partial charge in [-0.3, -0.25) is 14.6 Å². The van der Waals surface area contributed by atoms with Crippen molar-refractivity contribution in [3.05, 3.63) is 58.8 Å². The fourth-order valence-corrected chi connectivity index (χ4v) is 3.67. The van der Waals surface area contributed by atoms with E-state index in [0.29, 0.717) is 24.4 Å². The van der Waals surface area contributed by atoms with Gasteiger partial charge in [0.15, 0.2) is 0 Å². The minimum Gasteiger partial charge on any atom is -0.465 e. The van der Waals surface area contributed by atoms with Crippen LogP contribution in [0.1, 0.15) is 60.5 Å². The number of imide groups is 1. The van der Waals surface area contributed by atoms with E-state index in [2.05, 4.69) is 16.5 Å². The minimum absolute atomic E-state index is 0. The number of hydrogen-bond acceptors (Lipinski definition) is 5. The number of aromatic nitrogens is 2. The van der Waals surface area contributed by atoms with Gasteiger partial charge >= 0.3 is 12.0 Å². The molecule has 178 valence electrons. The fraction of sp³-hybridized carbons (Fsp3) is 0.417. The molecular weight excluding hydrogens is 444 g/mol. The van der Waals surface area contributed by atoms with E-state index in [1.807, 2.05) is 19.1 Å². The molecule has 0 saturated carbocycles. The second kappa shape index (κ2) is 11.7. The standard InChI is InChI=1S/C24H30N4O4.ClH/c1-5-7-13-27-20(22(29)26(3)24(27)31)14-19-15-25-21(8-6-2)28(19)16-17-9-11-18(12-10-17)23(30)32-4;/h9-12,14-15H,5-8,13,16H2,1-4H3;1H/b20-14+;.